The van der Waals surface area contributed by atoms with E-state index in [1.807, 2.05) is 30.3 Å². The van der Waals surface area contributed by atoms with E-state index in [9.17, 15) is 15.1 Å². The first-order valence-electron chi connectivity index (χ1n) is 7.95. The highest BCUT2D eigenvalue weighted by atomic mass is 16.4. The van der Waals surface area contributed by atoms with E-state index in [-0.39, 0.29) is 22.6 Å². The van der Waals surface area contributed by atoms with Crippen LogP contribution in [-0.4, -0.2) is 20.6 Å². The third-order valence-corrected chi connectivity index (χ3v) is 4.41. The van der Waals surface area contributed by atoms with Crippen molar-refractivity contribution in [2.75, 3.05) is 0 Å². The summed E-state index contributed by atoms with van der Waals surface area (Å²) in [5.74, 6) is -0.0217. The molecule has 1 aliphatic carbocycles. The molecule has 1 heterocycles. The number of rotatable bonds is 3. The lowest BCUT2D eigenvalue weighted by molar-refractivity contribution is 0.317. The number of oxime groups is 1. The second kappa shape index (κ2) is 6.28. The maximum atomic E-state index is 13.0. The van der Waals surface area contributed by atoms with Crippen molar-refractivity contribution in [1.29, 1.82) is 0 Å². The standard InChI is InChI=1S/C18H20N2O3/c1-2-14(19-23)16-17(21)13-10-6-7-11-15(13)20(18(16)22)12-8-4-3-5-9-12/h3-5,8-9,21,23H,2,6-7,10-11H2,1H3. The molecule has 5 nitrogen and oxygen atoms in total. The minimum Gasteiger partial charge on any atom is -0.507 e. The Morgan fingerprint density at radius 2 is 1.91 bits per heavy atom. The highest BCUT2D eigenvalue weighted by molar-refractivity contribution is 6.02. The fraction of sp³-hybridized carbons (Fsp3) is 0.333. The van der Waals surface area contributed by atoms with Gasteiger partial charge in [0.05, 0.1) is 5.71 Å². The highest BCUT2D eigenvalue weighted by Crippen LogP contribution is 2.32. The van der Waals surface area contributed by atoms with Crippen molar-refractivity contribution in [3.63, 3.8) is 0 Å². The molecule has 0 saturated heterocycles. The Morgan fingerprint density at radius 1 is 1.22 bits per heavy atom. The Kier molecular flexibility index (Phi) is 4.19. The fourth-order valence-corrected chi connectivity index (χ4v) is 3.29. The van der Waals surface area contributed by atoms with Gasteiger partial charge in [-0.2, -0.15) is 0 Å². The summed E-state index contributed by atoms with van der Waals surface area (Å²) in [6.07, 6.45) is 3.82. The third kappa shape index (κ3) is 2.52. The van der Waals surface area contributed by atoms with E-state index in [2.05, 4.69) is 5.16 Å². The van der Waals surface area contributed by atoms with E-state index in [1.165, 1.54) is 0 Å². The number of benzene rings is 1. The molecule has 1 aromatic heterocycles. The van der Waals surface area contributed by atoms with Crippen molar-refractivity contribution < 1.29 is 10.3 Å². The van der Waals surface area contributed by atoms with Gasteiger partial charge >= 0.3 is 0 Å². The normalized spacial score (nSPS) is 14.6. The number of fused-ring (bicyclic) bond motifs is 1. The molecule has 0 bridgehead atoms. The van der Waals surface area contributed by atoms with Gasteiger partial charge in [-0.3, -0.25) is 9.36 Å². The molecule has 0 unspecified atom stereocenters. The number of hydrogen-bond donors (Lipinski definition) is 2. The van der Waals surface area contributed by atoms with Crippen molar-refractivity contribution in [2.24, 2.45) is 5.16 Å². The number of aromatic nitrogens is 1. The van der Waals surface area contributed by atoms with Gasteiger partial charge in [-0.1, -0.05) is 30.3 Å². The largest absolute Gasteiger partial charge is 0.507 e. The molecule has 0 amide bonds. The highest BCUT2D eigenvalue weighted by Gasteiger charge is 2.26. The molecule has 0 fully saturated rings. The van der Waals surface area contributed by atoms with Crippen LogP contribution in [0.5, 0.6) is 5.75 Å². The average Bonchev–Trinajstić information content (AvgIpc) is 2.60. The molecule has 3 rings (SSSR count). The Balaban J connectivity index is 2.39. The number of nitrogens with zero attached hydrogens (tertiary/aromatic N) is 2. The lowest BCUT2D eigenvalue weighted by atomic mass is 9.91. The first-order valence-corrected chi connectivity index (χ1v) is 7.95. The van der Waals surface area contributed by atoms with Crippen LogP contribution in [0.25, 0.3) is 5.69 Å². The molecule has 120 valence electrons. The molecule has 2 N–H and O–H groups in total. The van der Waals surface area contributed by atoms with Gasteiger partial charge in [0, 0.05) is 16.9 Å². The summed E-state index contributed by atoms with van der Waals surface area (Å²) in [6, 6.07) is 9.40. The summed E-state index contributed by atoms with van der Waals surface area (Å²) in [4.78, 5) is 13.0. The van der Waals surface area contributed by atoms with Crippen LogP contribution in [0.1, 0.15) is 43.0 Å². The molecule has 0 atom stereocenters. The van der Waals surface area contributed by atoms with E-state index >= 15 is 0 Å². The maximum Gasteiger partial charge on any atom is 0.268 e. The molecule has 0 saturated carbocycles. The van der Waals surface area contributed by atoms with Crippen LogP contribution in [-0.2, 0) is 12.8 Å². The summed E-state index contributed by atoms with van der Waals surface area (Å²) < 4.78 is 1.66. The van der Waals surface area contributed by atoms with Gasteiger partial charge < -0.3 is 10.3 Å². The van der Waals surface area contributed by atoms with Gasteiger partial charge in [0.25, 0.3) is 5.56 Å². The Bertz CT molecular complexity index is 807. The summed E-state index contributed by atoms with van der Waals surface area (Å²) in [5.41, 5.74) is 2.42. The van der Waals surface area contributed by atoms with Crippen molar-refractivity contribution >= 4 is 5.71 Å². The van der Waals surface area contributed by atoms with Gasteiger partial charge in [-0.15, -0.1) is 0 Å². The average molecular weight is 312 g/mol. The number of para-hydroxylation sites is 1. The van der Waals surface area contributed by atoms with Gasteiger partial charge in [0.2, 0.25) is 0 Å². The van der Waals surface area contributed by atoms with E-state index in [4.69, 9.17) is 0 Å². The monoisotopic (exact) mass is 312 g/mol. The van der Waals surface area contributed by atoms with Crippen LogP contribution in [0, 0.1) is 0 Å². The third-order valence-electron chi connectivity index (χ3n) is 4.41. The summed E-state index contributed by atoms with van der Waals surface area (Å²) in [7, 11) is 0. The van der Waals surface area contributed by atoms with Gasteiger partial charge in [-0.05, 0) is 44.2 Å². The fourth-order valence-electron chi connectivity index (χ4n) is 3.29. The molecule has 23 heavy (non-hydrogen) atoms. The minimum atomic E-state index is -0.330. The van der Waals surface area contributed by atoms with Crippen LogP contribution < -0.4 is 5.56 Å². The Morgan fingerprint density at radius 3 is 2.57 bits per heavy atom. The van der Waals surface area contributed by atoms with Gasteiger partial charge in [-0.25, -0.2) is 0 Å². The van der Waals surface area contributed by atoms with Crippen LogP contribution in [0.2, 0.25) is 0 Å². The first-order chi connectivity index (χ1) is 11.2. The Labute approximate surface area is 134 Å². The minimum absolute atomic E-state index is 0.0217. The molecular formula is C18H20N2O3. The number of pyridine rings is 1. The van der Waals surface area contributed by atoms with E-state index in [1.54, 1.807) is 11.5 Å². The van der Waals surface area contributed by atoms with E-state index in [0.29, 0.717) is 6.42 Å². The van der Waals surface area contributed by atoms with Crippen molar-refractivity contribution in [3.05, 3.63) is 57.5 Å². The molecule has 2 aromatic rings. The Hall–Kier alpha value is -2.56. The zero-order chi connectivity index (χ0) is 16.4. The zero-order valence-electron chi connectivity index (χ0n) is 13.1. The van der Waals surface area contributed by atoms with Crippen molar-refractivity contribution in [1.82, 2.24) is 4.57 Å². The van der Waals surface area contributed by atoms with Crippen molar-refractivity contribution in [2.45, 2.75) is 39.0 Å². The molecule has 0 spiro atoms. The summed E-state index contributed by atoms with van der Waals surface area (Å²) in [5, 5.41) is 23.1. The second-order valence-corrected chi connectivity index (χ2v) is 5.73. The van der Waals surface area contributed by atoms with Crippen LogP contribution >= 0.6 is 0 Å². The maximum absolute atomic E-state index is 13.0. The second-order valence-electron chi connectivity index (χ2n) is 5.73. The van der Waals surface area contributed by atoms with Gasteiger partial charge in [0.1, 0.15) is 11.3 Å². The van der Waals surface area contributed by atoms with Crippen LogP contribution in [0.4, 0.5) is 0 Å². The zero-order valence-corrected chi connectivity index (χ0v) is 13.1. The smallest absolute Gasteiger partial charge is 0.268 e. The molecule has 5 heteroatoms. The molecule has 0 radical (unpaired) electrons. The van der Waals surface area contributed by atoms with Gasteiger partial charge in [0.15, 0.2) is 0 Å². The molecule has 1 aromatic carbocycles. The predicted molar refractivity (Wildman–Crippen MR) is 89.0 cm³/mol. The van der Waals surface area contributed by atoms with Crippen LogP contribution in [0.3, 0.4) is 0 Å². The van der Waals surface area contributed by atoms with Crippen molar-refractivity contribution in [3.8, 4) is 11.4 Å². The first kappa shape index (κ1) is 15.3. The van der Waals surface area contributed by atoms with Crippen LogP contribution in [0.15, 0.2) is 40.3 Å². The lowest BCUT2D eigenvalue weighted by Crippen LogP contribution is -2.31. The predicted octanol–water partition coefficient (Wildman–Crippen LogP) is 3.01. The molecular weight excluding hydrogens is 292 g/mol. The topological polar surface area (TPSA) is 74.8 Å². The molecule has 1 aliphatic rings. The number of aromatic hydroxyl groups is 1. The number of hydrogen-bond acceptors (Lipinski definition) is 4. The molecule has 0 aliphatic heterocycles. The quantitative estimate of drug-likeness (QED) is 0.520. The van der Waals surface area contributed by atoms with E-state index < -0.39 is 0 Å². The summed E-state index contributed by atoms with van der Waals surface area (Å²) >= 11 is 0. The summed E-state index contributed by atoms with van der Waals surface area (Å²) in [6.45, 7) is 1.79. The SMILES string of the molecule is CCC(=NO)c1c(O)c2c(n(-c3ccccc3)c1=O)CCCC2. The van der Waals surface area contributed by atoms with E-state index in [0.717, 1.165) is 42.6 Å². The lowest BCUT2D eigenvalue weighted by Gasteiger charge is -2.24.